The highest BCUT2D eigenvalue weighted by Gasteiger charge is 2.21. The molecule has 0 radical (unpaired) electrons. The number of rotatable bonds is 6. The third kappa shape index (κ3) is 4.59. The molecule has 0 saturated carbocycles. The van der Waals surface area contributed by atoms with E-state index in [0.29, 0.717) is 13.0 Å². The van der Waals surface area contributed by atoms with Crippen molar-refractivity contribution in [2.24, 2.45) is 0 Å². The van der Waals surface area contributed by atoms with Gasteiger partial charge in [-0.1, -0.05) is 11.6 Å². The van der Waals surface area contributed by atoms with Gasteiger partial charge >= 0.3 is 0 Å². The maximum absolute atomic E-state index is 13.6. The van der Waals surface area contributed by atoms with Crippen LogP contribution in [0.3, 0.4) is 0 Å². The smallest absolute Gasteiger partial charge is 0.262 e. The number of methoxy groups -OCH3 is 1. The molecule has 5 nitrogen and oxygen atoms in total. The molecule has 0 atom stereocenters. The molecule has 1 aromatic rings. The van der Waals surface area contributed by atoms with Crippen molar-refractivity contribution < 1.29 is 22.3 Å². The van der Waals surface area contributed by atoms with Crippen molar-refractivity contribution in [3.63, 3.8) is 0 Å². The minimum absolute atomic E-state index is 0.262. The van der Waals surface area contributed by atoms with Crippen LogP contribution in [0.5, 0.6) is 0 Å². The molecule has 1 rings (SSSR count). The molecule has 0 spiro atoms. The molecule has 0 saturated heterocycles. The quantitative estimate of drug-likeness (QED) is 0.634. The topological polar surface area (TPSA) is 72.5 Å². The minimum atomic E-state index is -4.16. The predicted octanol–water partition coefficient (Wildman–Crippen LogP) is 2.17. The molecule has 1 amide bonds. The fraction of sp³-hybridized carbons (Fsp3) is 0.364. The average Bonchev–Trinajstić information content (AvgIpc) is 2.32. The van der Waals surface area contributed by atoms with E-state index in [1.807, 2.05) is 0 Å². The Labute approximate surface area is 125 Å². The van der Waals surface area contributed by atoms with Crippen molar-refractivity contribution in [1.29, 1.82) is 0 Å². The molecule has 20 heavy (non-hydrogen) atoms. The molecule has 0 unspecified atom stereocenters. The van der Waals surface area contributed by atoms with Crippen molar-refractivity contribution in [3.05, 3.63) is 28.5 Å². The summed E-state index contributed by atoms with van der Waals surface area (Å²) in [6, 6.07) is 1.55. The number of hydrogen-bond donors (Lipinski definition) is 1. The van der Waals surface area contributed by atoms with Crippen molar-refractivity contribution in [2.75, 3.05) is 20.3 Å². The summed E-state index contributed by atoms with van der Waals surface area (Å²) in [5.74, 6) is -1.68. The van der Waals surface area contributed by atoms with E-state index in [2.05, 4.69) is 5.32 Å². The van der Waals surface area contributed by atoms with Crippen molar-refractivity contribution >= 4 is 37.2 Å². The molecule has 0 aliphatic carbocycles. The van der Waals surface area contributed by atoms with Gasteiger partial charge in [0.05, 0.1) is 10.6 Å². The molecule has 1 aromatic carbocycles. The first kappa shape index (κ1) is 17.2. The van der Waals surface area contributed by atoms with Crippen LogP contribution < -0.4 is 5.32 Å². The molecule has 9 heteroatoms. The van der Waals surface area contributed by atoms with Crippen molar-refractivity contribution in [3.8, 4) is 0 Å². The lowest BCUT2D eigenvalue weighted by Gasteiger charge is -2.08. The van der Waals surface area contributed by atoms with Crippen LogP contribution in [-0.2, 0) is 13.8 Å². The Morgan fingerprint density at radius 1 is 1.45 bits per heavy atom. The summed E-state index contributed by atoms with van der Waals surface area (Å²) in [5.41, 5.74) is -0.439. The Kier molecular flexibility index (Phi) is 6.19. The van der Waals surface area contributed by atoms with Gasteiger partial charge in [-0.25, -0.2) is 12.8 Å². The van der Waals surface area contributed by atoms with Gasteiger partial charge in [-0.15, -0.1) is 0 Å². The zero-order valence-electron chi connectivity index (χ0n) is 10.5. The first-order chi connectivity index (χ1) is 9.27. The number of halogens is 3. The molecule has 0 heterocycles. The van der Waals surface area contributed by atoms with E-state index in [4.69, 9.17) is 27.0 Å². The first-order valence-corrected chi connectivity index (χ1v) is 8.17. The maximum atomic E-state index is 13.6. The fourth-order valence-corrected chi connectivity index (χ4v) is 2.91. The van der Waals surface area contributed by atoms with Crippen LogP contribution in [0.1, 0.15) is 16.8 Å². The van der Waals surface area contributed by atoms with Gasteiger partial charge in [0.25, 0.3) is 15.0 Å². The van der Waals surface area contributed by atoms with Gasteiger partial charge in [0, 0.05) is 30.9 Å². The Balaban J connectivity index is 2.98. The van der Waals surface area contributed by atoms with E-state index >= 15 is 0 Å². The summed E-state index contributed by atoms with van der Waals surface area (Å²) in [6.45, 7) is 0.697. The largest absolute Gasteiger partial charge is 0.385 e. The lowest BCUT2D eigenvalue weighted by molar-refractivity contribution is 0.0944. The molecule has 0 aromatic heterocycles. The van der Waals surface area contributed by atoms with E-state index in [-0.39, 0.29) is 11.6 Å². The second-order valence-corrected chi connectivity index (χ2v) is 6.74. The second-order valence-electron chi connectivity index (χ2n) is 3.80. The monoisotopic (exact) mass is 343 g/mol. The number of ether oxygens (including phenoxy) is 1. The number of carbonyl (C=O) groups is 1. The van der Waals surface area contributed by atoms with Gasteiger partial charge in [0.1, 0.15) is 10.7 Å². The SMILES string of the molecule is COCCCNC(=O)c1cc(S(=O)(=O)Cl)c(Cl)cc1F. The van der Waals surface area contributed by atoms with Gasteiger partial charge in [-0.2, -0.15) is 0 Å². The maximum Gasteiger partial charge on any atom is 0.262 e. The summed E-state index contributed by atoms with van der Waals surface area (Å²) in [7, 11) is 2.51. The normalized spacial score (nSPS) is 11.4. The molecule has 0 aliphatic heterocycles. The highest BCUT2D eigenvalue weighted by Crippen LogP contribution is 2.27. The van der Waals surface area contributed by atoms with E-state index in [1.54, 1.807) is 0 Å². The van der Waals surface area contributed by atoms with Crippen molar-refractivity contribution in [2.45, 2.75) is 11.3 Å². The molecule has 0 aliphatic rings. The van der Waals surface area contributed by atoms with Gasteiger partial charge in [-0.05, 0) is 18.6 Å². The lowest BCUT2D eigenvalue weighted by atomic mass is 10.2. The number of hydrogen-bond acceptors (Lipinski definition) is 4. The Hall–Kier alpha value is -0.890. The third-order valence-electron chi connectivity index (χ3n) is 2.34. The van der Waals surface area contributed by atoms with Crippen LogP contribution >= 0.6 is 22.3 Å². The Morgan fingerprint density at radius 3 is 2.65 bits per heavy atom. The number of carbonyl (C=O) groups excluding carboxylic acids is 1. The number of nitrogens with one attached hydrogen (secondary N) is 1. The van der Waals surface area contributed by atoms with Gasteiger partial charge in [-0.3, -0.25) is 4.79 Å². The molecule has 0 bridgehead atoms. The zero-order chi connectivity index (χ0) is 15.3. The molecular formula is C11H12Cl2FNO4S. The predicted molar refractivity (Wildman–Crippen MR) is 73.3 cm³/mol. The Morgan fingerprint density at radius 2 is 2.10 bits per heavy atom. The second kappa shape index (κ2) is 7.21. The highest BCUT2D eigenvalue weighted by molar-refractivity contribution is 8.13. The lowest BCUT2D eigenvalue weighted by Crippen LogP contribution is -2.26. The molecule has 0 fully saturated rings. The van der Waals surface area contributed by atoms with Crippen molar-refractivity contribution in [1.82, 2.24) is 5.32 Å². The molecule has 1 N–H and O–H groups in total. The standard InChI is InChI=1S/C11H12Cl2FNO4S/c1-19-4-2-3-15-11(16)7-5-10(20(13,17)18)8(12)6-9(7)14/h5-6H,2-4H2,1H3,(H,15,16). The van der Waals surface area contributed by atoms with E-state index < -0.39 is 31.2 Å². The summed E-state index contributed by atoms with van der Waals surface area (Å²) < 4.78 is 40.9. The molecular weight excluding hydrogens is 332 g/mol. The fourth-order valence-electron chi connectivity index (χ4n) is 1.40. The highest BCUT2D eigenvalue weighted by atomic mass is 35.7. The summed E-state index contributed by atoms with van der Waals surface area (Å²) in [5, 5.41) is 2.05. The van der Waals surface area contributed by atoms with E-state index in [1.165, 1.54) is 7.11 Å². The summed E-state index contributed by atoms with van der Waals surface area (Å²) in [6.07, 6.45) is 0.540. The number of benzene rings is 1. The molecule has 112 valence electrons. The third-order valence-corrected chi connectivity index (χ3v) is 4.13. The zero-order valence-corrected chi connectivity index (χ0v) is 12.8. The first-order valence-electron chi connectivity index (χ1n) is 5.48. The van der Waals surface area contributed by atoms with Gasteiger partial charge in [0.2, 0.25) is 0 Å². The van der Waals surface area contributed by atoms with Crippen LogP contribution in [0.2, 0.25) is 5.02 Å². The van der Waals surface area contributed by atoms with Crippen LogP contribution in [0.25, 0.3) is 0 Å². The van der Waals surface area contributed by atoms with Crippen LogP contribution in [0.4, 0.5) is 4.39 Å². The van der Waals surface area contributed by atoms with Gasteiger partial charge < -0.3 is 10.1 Å². The van der Waals surface area contributed by atoms with Crippen LogP contribution in [0.15, 0.2) is 17.0 Å². The summed E-state index contributed by atoms with van der Waals surface area (Å²) >= 11 is 5.58. The van der Waals surface area contributed by atoms with E-state index in [9.17, 15) is 17.6 Å². The summed E-state index contributed by atoms with van der Waals surface area (Å²) in [4.78, 5) is 11.2. The van der Waals surface area contributed by atoms with Crippen LogP contribution in [0, 0.1) is 5.82 Å². The Bertz CT molecular complexity index is 607. The minimum Gasteiger partial charge on any atom is -0.385 e. The van der Waals surface area contributed by atoms with Crippen LogP contribution in [-0.4, -0.2) is 34.6 Å². The van der Waals surface area contributed by atoms with E-state index in [0.717, 1.165) is 12.1 Å². The number of amides is 1. The van der Waals surface area contributed by atoms with Gasteiger partial charge in [0.15, 0.2) is 0 Å². The average molecular weight is 344 g/mol.